The van der Waals surface area contributed by atoms with Gasteiger partial charge in [-0.15, -0.1) is 0 Å². The molecule has 0 radical (unpaired) electrons. The Labute approximate surface area is 222 Å². The van der Waals surface area contributed by atoms with Crippen LogP contribution in [0.25, 0.3) is 39.7 Å². The van der Waals surface area contributed by atoms with Gasteiger partial charge in [0.05, 0.1) is 23.5 Å². The van der Waals surface area contributed by atoms with E-state index in [0.717, 1.165) is 17.2 Å². The van der Waals surface area contributed by atoms with Crippen molar-refractivity contribution in [3.05, 3.63) is 101 Å². The number of hydrogen-bond donors (Lipinski definition) is 0. The number of alkyl halides is 3. The molecule has 9 heteroatoms. The molecule has 0 bridgehead atoms. The van der Waals surface area contributed by atoms with Crippen LogP contribution in [0.1, 0.15) is 16.8 Å². The number of hydrogen-bond acceptors (Lipinski definition) is 4. The predicted octanol–water partition coefficient (Wildman–Crippen LogP) is 7.96. The third kappa shape index (κ3) is 4.99. The third-order valence-electron chi connectivity index (χ3n) is 6.04. The van der Waals surface area contributed by atoms with Gasteiger partial charge in [-0.3, -0.25) is 0 Å². The largest absolute Gasteiger partial charge is 0.497 e. The molecule has 5 aromatic rings. The van der Waals surface area contributed by atoms with Crippen LogP contribution in [0.15, 0.2) is 78.9 Å². The predicted molar refractivity (Wildman–Crippen MR) is 141 cm³/mol. The Kier molecular flexibility index (Phi) is 6.67. The second-order valence-electron chi connectivity index (χ2n) is 8.82. The van der Waals surface area contributed by atoms with Gasteiger partial charge in [-0.25, -0.2) is 9.97 Å². The van der Waals surface area contributed by atoms with E-state index in [1.54, 1.807) is 24.3 Å². The Bertz CT molecular complexity index is 1610. The van der Waals surface area contributed by atoms with E-state index in [1.807, 2.05) is 62.4 Å². The Hall–Kier alpha value is -4.17. The first kappa shape index (κ1) is 25.5. The van der Waals surface area contributed by atoms with Crippen molar-refractivity contribution in [2.45, 2.75) is 20.0 Å². The average molecular weight is 535 g/mol. The lowest BCUT2D eigenvalue weighted by Gasteiger charge is -2.13. The highest BCUT2D eigenvalue weighted by molar-refractivity contribution is 6.35. The minimum absolute atomic E-state index is 0.0691. The zero-order chi connectivity index (χ0) is 27.0. The van der Waals surface area contributed by atoms with E-state index in [9.17, 15) is 13.2 Å². The quantitative estimate of drug-likeness (QED) is 0.229. The SMILES string of the molecule is COc1cccc(-c2cc(C(F)(F)F)nc(-n3nc(-c4ccc(C)cc4)c(Cl)c3-c3ccc(C)cc3)n2)c1. The molecule has 2 heterocycles. The van der Waals surface area contributed by atoms with Crippen LogP contribution < -0.4 is 4.74 Å². The highest BCUT2D eigenvalue weighted by atomic mass is 35.5. The van der Waals surface area contributed by atoms with E-state index >= 15 is 0 Å². The van der Waals surface area contributed by atoms with E-state index in [1.165, 1.54) is 11.8 Å². The molecule has 3 aromatic carbocycles. The van der Waals surface area contributed by atoms with Gasteiger partial charge in [0.1, 0.15) is 11.4 Å². The van der Waals surface area contributed by atoms with Crippen LogP contribution in [0.5, 0.6) is 5.75 Å². The number of rotatable bonds is 5. The van der Waals surface area contributed by atoms with E-state index < -0.39 is 11.9 Å². The maximum absolute atomic E-state index is 14.0. The standard InChI is InChI=1S/C29H22ClF3N4O/c1-17-7-11-19(12-8-17)26-25(30)27(20-13-9-18(2)10-14-20)37(36-26)28-34-23(16-24(35-28)29(31,32)33)21-5-4-6-22(15-21)38-3/h4-16H,1-3H3. The fourth-order valence-electron chi connectivity index (χ4n) is 4.00. The van der Waals surface area contributed by atoms with Gasteiger partial charge < -0.3 is 4.74 Å². The number of aryl methyl sites for hydroxylation is 2. The fourth-order valence-corrected chi connectivity index (χ4v) is 4.34. The molecule has 0 N–H and O–H groups in total. The summed E-state index contributed by atoms with van der Waals surface area (Å²) in [5.41, 5.74) is 3.65. The van der Waals surface area contributed by atoms with Crippen LogP contribution in [0.3, 0.4) is 0 Å². The van der Waals surface area contributed by atoms with Crippen molar-refractivity contribution >= 4 is 11.6 Å². The molecule has 0 spiro atoms. The summed E-state index contributed by atoms with van der Waals surface area (Å²) in [6.07, 6.45) is -4.72. The molecule has 0 aliphatic heterocycles. The van der Waals surface area contributed by atoms with Gasteiger partial charge in [-0.1, -0.05) is 83.4 Å². The number of halogens is 4. The highest BCUT2D eigenvalue weighted by Gasteiger charge is 2.35. The molecule has 0 saturated carbocycles. The molecule has 5 nitrogen and oxygen atoms in total. The first-order chi connectivity index (χ1) is 18.1. The van der Waals surface area contributed by atoms with E-state index in [4.69, 9.17) is 16.3 Å². The second kappa shape index (κ2) is 9.95. The maximum atomic E-state index is 14.0. The van der Waals surface area contributed by atoms with Crippen molar-refractivity contribution < 1.29 is 17.9 Å². The Morgan fingerprint density at radius 1 is 0.789 bits per heavy atom. The molecular formula is C29H22ClF3N4O. The molecule has 0 amide bonds. The van der Waals surface area contributed by atoms with Crippen molar-refractivity contribution in [1.29, 1.82) is 0 Å². The summed E-state index contributed by atoms with van der Waals surface area (Å²) in [4.78, 5) is 8.39. The summed E-state index contributed by atoms with van der Waals surface area (Å²) in [6, 6.07) is 22.6. The normalized spacial score (nSPS) is 11.6. The Morgan fingerprint density at radius 2 is 1.42 bits per heavy atom. The monoisotopic (exact) mass is 534 g/mol. The van der Waals surface area contributed by atoms with Crippen LogP contribution in [0.4, 0.5) is 13.2 Å². The highest BCUT2D eigenvalue weighted by Crippen LogP contribution is 2.39. The second-order valence-corrected chi connectivity index (χ2v) is 9.20. The molecular weight excluding hydrogens is 513 g/mol. The molecule has 0 atom stereocenters. The number of benzene rings is 3. The summed E-state index contributed by atoms with van der Waals surface area (Å²) in [5.74, 6) is 0.230. The molecule has 2 aromatic heterocycles. The third-order valence-corrected chi connectivity index (χ3v) is 6.40. The minimum Gasteiger partial charge on any atom is -0.497 e. The van der Waals surface area contributed by atoms with Gasteiger partial charge in [0.2, 0.25) is 0 Å². The molecule has 38 heavy (non-hydrogen) atoms. The molecule has 0 unspecified atom stereocenters. The van der Waals surface area contributed by atoms with Gasteiger partial charge >= 0.3 is 6.18 Å². The van der Waals surface area contributed by atoms with Gasteiger partial charge in [0.15, 0.2) is 5.69 Å². The molecule has 5 rings (SSSR count). The summed E-state index contributed by atoms with van der Waals surface area (Å²) in [6.45, 7) is 3.90. The van der Waals surface area contributed by atoms with Crippen LogP contribution in [-0.2, 0) is 6.18 Å². The van der Waals surface area contributed by atoms with E-state index in [2.05, 4.69) is 15.1 Å². The van der Waals surface area contributed by atoms with Crippen molar-refractivity contribution in [3.63, 3.8) is 0 Å². The van der Waals surface area contributed by atoms with Crippen LogP contribution in [0, 0.1) is 13.8 Å². The smallest absolute Gasteiger partial charge is 0.433 e. The molecule has 0 fully saturated rings. The Balaban J connectivity index is 1.79. The van der Waals surface area contributed by atoms with Crippen molar-refractivity contribution in [3.8, 4) is 45.5 Å². The number of ether oxygens (including phenoxy) is 1. The van der Waals surface area contributed by atoms with Gasteiger partial charge in [0.25, 0.3) is 5.95 Å². The summed E-state index contributed by atoms with van der Waals surface area (Å²) < 4.78 is 48.6. The summed E-state index contributed by atoms with van der Waals surface area (Å²) in [5, 5.41) is 4.92. The summed E-state index contributed by atoms with van der Waals surface area (Å²) >= 11 is 6.88. The zero-order valence-corrected chi connectivity index (χ0v) is 21.5. The molecule has 192 valence electrons. The van der Waals surface area contributed by atoms with Crippen LogP contribution in [-0.4, -0.2) is 26.9 Å². The lowest BCUT2D eigenvalue weighted by Crippen LogP contribution is -2.14. The van der Waals surface area contributed by atoms with Crippen molar-refractivity contribution in [2.24, 2.45) is 0 Å². The number of methoxy groups -OCH3 is 1. The van der Waals surface area contributed by atoms with Crippen LogP contribution >= 0.6 is 11.6 Å². The fraction of sp³-hybridized carbons (Fsp3) is 0.138. The van der Waals surface area contributed by atoms with Crippen LogP contribution in [0.2, 0.25) is 5.02 Å². The first-order valence-electron chi connectivity index (χ1n) is 11.7. The van der Waals surface area contributed by atoms with Gasteiger partial charge in [0, 0.05) is 16.7 Å². The molecule has 0 aliphatic carbocycles. The summed E-state index contributed by atoms with van der Waals surface area (Å²) in [7, 11) is 1.48. The average Bonchev–Trinajstić information content (AvgIpc) is 3.26. The zero-order valence-electron chi connectivity index (χ0n) is 20.7. The van der Waals surface area contributed by atoms with E-state index in [-0.39, 0.29) is 16.7 Å². The van der Waals surface area contributed by atoms with Crippen molar-refractivity contribution in [1.82, 2.24) is 19.7 Å². The number of nitrogens with zero attached hydrogens (tertiary/aromatic N) is 4. The van der Waals surface area contributed by atoms with Gasteiger partial charge in [-0.05, 0) is 32.0 Å². The topological polar surface area (TPSA) is 52.8 Å². The van der Waals surface area contributed by atoms with E-state index in [0.29, 0.717) is 33.8 Å². The lowest BCUT2D eigenvalue weighted by molar-refractivity contribution is -0.141. The first-order valence-corrected chi connectivity index (χ1v) is 12.1. The van der Waals surface area contributed by atoms with Crippen molar-refractivity contribution in [2.75, 3.05) is 7.11 Å². The molecule has 0 aliphatic rings. The van der Waals surface area contributed by atoms with Gasteiger partial charge in [-0.2, -0.15) is 23.0 Å². The Morgan fingerprint density at radius 3 is 2.03 bits per heavy atom. The molecule has 0 saturated heterocycles. The maximum Gasteiger partial charge on any atom is 0.433 e. The lowest BCUT2D eigenvalue weighted by atomic mass is 10.1. The minimum atomic E-state index is -4.72. The number of aromatic nitrogens is 4.